The van der Waals surface area contributed by atoms with Gasteiger partial charge in [-0.3, -0.25) is 0 Å². The molecule has 2 aromatic rings. The van der Waals surface area contributed by atoms with Gasteiger partial charge in [-0.25, -0.2) is 0 Å². The Morgan fingerprint density at radius 1 is 1.31 bits per heavy atom. The fraction of sp³-hybridized carbons (Fsp3) is 0.333. The highest BCUT2D eigenvalue weighted by Crippen LogP contribution is 2.26. The summed E-state index contributed by atoms with van der Waals surface area (Å²) in [6.45, 7) is 6.01. The van der Waals surface area contributed by atoms with E-state index in [1.807, 2.05) is 39.0 Å². The number of hydrogen-bond donors (Lipinski definition) is 1. The maximum Gasteiger partial charge on any atom is 0.258 e. The van der Waals surface area contributed by atoms with Crippen LogP contribution in [0.25, 0.3) is 11.5 Å². The standard InChI is InChI=1S/C12H15N3O/c1-7(2)11-14-12(16-15-11)9-5-4-6-10(13)8(9)3/h4-7H,13H2,1-3H3. The molecule has 0 amide bonds. The molecule has 0 saturated heterocycles. The molecule has 0 fully saturated rings. The molecule has 0 aliphatic heterocycles. The van der Waals surface area contributed by atoms with Gasteiger partial charge < -0.3 is 10.3 Å². The van der Waals surface area contributed by atoms with Crippen LogP contribution in [-0.2, 0) is 0 Å². The molecule has 0 bridgehead atoms. The van der Waals surface area contributed by atoms with Crippen LogP contribution in [0.3, 0.4) is 0 Å². The maximum atomic E-state index is 5.83. The monoisotopic (exact) mass is 217 g/mol. The lowest BCUT2D eigenvalue weighted by Gasteiger charge is -2.03. The third-order valence-electron chi connectivity index (χ3n) is 2.56. The number of nitrogens with zero attached hydrogens (tertiary/aromatic N) is 2. The molecule has 0 radical (unpaired) electrons. The van der Waals surface area contributed by atoms with E-state index in [9.17, 15) is 0 Å². The van der Waals surface area contributed by atoms with Crippen LogP contribution in [0.15, 0.2) is 22.7 Å². The van der Waals surface area contributed by atoms with Crippen molar-refractivity contribution >= 4 is 5.69 Å². The van der Waals surface area contributed by atoms with E-state index in [0.717, 1.165) is 22.6 Å². The van der Waals surface area contributed by atoms with Gasteiger partial charge in [0.15, 0.2) is 5.82 Å². The number of benzene rings is 1. The van der Waals surface area contributed by atoms with Crippen molar-refractivity contribution in [1.29, 1.82) is 0 Å². The van der Waals surface area contributed by atoms with E-state index in [1.165, 1.54) is 0 Å². The van der Waals surface area contributed by atoms with E-state index >= 15 is 0 Å². The number of rotatable bonds is 2. The highest BCUT2D eigenvalue weighted by molar-refractivity contribution is 5.66. The van der Waals surface area contributed by atoms with Crippen molar-refractivity contribution in [3.63, 3.8) is 0 Å². The average molecular weight is 217 g/mol. The van der Waals surface area contributed by atoms with Gasteiger partial charge in [0.25, 0.3) is 5.89 Å². The minimum Gasteiger partial charge on any atom is -0.398 e. The molecule has 1 aromatic heterocycles. The molecule has 2 N–H and O–H groups in total. The quantitative estimate of drug-likeness (QED) is 0.785. The first-order valence-corrected chi connectivity index (χ1v) is 5.28. The Morgan fingerprint density at radius 3 is 2.69 bits per heavy atom. The van der Waals surface area contributed by atoms with Gasteiger partial charge in [-0.1, -0.05) is 25.1 Å². The third kappa shape index (κ3) is 1.78. The predicted octanol–water partition coefficient (Wildman–Crippen LogP) is 2.75. The van der Waals surface area contributed by atoms with Crippen molar-refractivity contribution in [2.75, 3.05) is 5.73 Å². The van der Waals surface area contributed by atoms with E-state index in [4.69, 9.17) is 10.3 Å². The number of nitrogen functional groups attached to an aromatic ring is 1. The van der Waals surface area contributed by atoms with Gasteiger partial charge >= 0.3 is 0 Å². The van der Waals surface area contributed by atoms with Gasteiger partial charge in [0.05, 0.1) is 0 Å². The maximum absolute atomic E-state index is 5.83. The minimum absolute atomic E-state index is 0.263. The SMILES string of the molecule is Cc1c(N)cccc1-c1nc(C(C)C)no1. The van der Waals surface area contributed by atoms with Crippen molar-refractivity contribution in [3.8, 4) is 11.5 Å². The summed E-state index contributed by atoms with van der Waals surface area (Å²) in [6.07, 6.45) is 0. The van der Waals surface area contributed by atoms with Crippen LogP contribution in [0, 0.1) is 6.92 Å². The lowest BCUT2D eigenvalue weighted by molar-refractivity contribution is 0.419. The van der Waals surface area contributed by atoms with Gasteiger partial charge in [0.2, 0.25) is 0 Å². The van der Waals surface area contributed by atoms with Gasteiger partial charge in [-0.05, 0) is 24.6 Å². The Labute approximate surface area is 94.5 Å². The minimum atomic E-state index is 0.263. The fourth-order valence-electron chi connectivity index (χ4n) is 1.46. The summed E-state index contributed by atoms with van der Waals surface area (Å²) < 4.78 is 5.23. The molecule has 0 spiro atoms. The van der Waals surface area contributed by atoms with Crippen molar-refractivity contribution in [1.82, 2.24) is 10.1 Å². The molecule has 1 heterocycles. The summed E-state index contributed by atoms with van der Waals surface area (Å²) in [7, 11) is 0. The highest BCUT2D eigenvalue weighted by atomic mass is 16.5. The van der Waals surface area contributed by atoms with E-state index in [1.54, 1.807) is 0 Å². The van der Waals surface area contributed by atoms with E-state index in [-0.39, 0.29) is 5.92 Å². The molecule has 4 nitrogen and oxygen atoms in total. The van der Waals surface area contributed by atoms with Crippen molar-refractivity contribution in [3.05, 3.63) is 29.6 Å². The Kier molecular flexibility index (Phi) is 2.64. The zero-order chi connectivity index (χ0) is 11.7. The zero-order valence-electron chi connectivity index (χ0n) is 9.69. The van der Waals surface area contributed by atoms with Crippen LogP contribution in [0.1, 0.15) is 31.2 Å². The molecule has 0 atom stereocenters. The molecule has 4 heteroatoms. The fourth-order valence-corrected chi connectivity index (χ4v) is 1.46. The molecule has 0 unspecified atom stereocenters. The summed E-state index contributed by atoms with van der Waals surface area (Å²) in [5.74, 6) is 1.52. The average Bonchev–Trinajstić information content (AvgIpc) is 2.71. The first-order valence-electron chi connectivity index (χ1n) is 5.28. The third-order valence-corrected chi connectivity index (χ3v) is 2.56. The molecule has 0 aliphatic rings. The van der Waals surface area contributed by atoms with Crippen LogP contribution < -0.4 is 5.73 Å². The van der Waals surface area contributed by atoms with Gasteiger partial charge in [0, 0.05) is 17.2 Å². The second kappa shape index (κ2) is 3.96. The lowest BCUT2D eigenvalue weighted by atomic mass is 10.1. The van der Waals surface area contributed by atoms with Crippen LogP contribution in [0.2, 0.25) is 0 Å². The largest absolute Gasteiger partial charge is 0.398 e. The second-order valence-corrected chi connectivity index (χ2v) is 4.13. The normalized spacial score (nSPS) is 11.0. The Hall–Kier alpha value is -1.84. The Balaban J connectivity index is 2.47. The smallest absolute Gasteiger partial charge is 0.258 e. The number of nitrogens with two attached hydrogens (primary N) is 1. The summed E-state index contributed by atoms with van der Waals surface area (Å²) >= 11 is 0. The van der Waals surface area contributed by atoms with Gasteiger partial charge in [-0.2, -0.15) is 4.98 Å². The van der Waals surface area contributed by atoms with E-state index in [2.05, 4.69) is 10.1 Å². The summed E-state index contributed by atoms with van der Waals surface area (Å²) in [5.41, 5.74) is 8.45. The molecule has 1 aromatic carbocycles. The molecule has 0 saturated carbocycles. The zero-order valence-corrected chi connectivity index (χ0v) is 9.69. The number of hydrogen-bond acceptors (Lipinski definition) is 4. The highest BCUT2D eigenvalue weighted by Gasteiger charge is 2.13. The summed E-state index contributed by atoms with van der Waals surface area (Å²) in [6, 6.07) is 5.68. The van der Waals surface area contributed by atoms with E-state index < -0.39 is 0 Å². The molecular formula is C12H15N3O. The van der Waals surface area contributed by atoms with Crippen LogP contribution in [0.5, 0.6) is 0 Å². The second-order valence-electron chi connectivity index (χ2n) is 4.13. The van der Waals surface area contributed by atoms with Gasteiger partial charge in [-0.15, -0.1) is 0 Å². The van der Waals surface area contributed by atoms with Crippen LogP contribution in [0.4, 0.5) is 5.69 Å². The van der Waals surface area contributed by atoms with Gasteiger partial charge in [0.1, 0.15) is 0 Å². The predicted molar refractivity (Wildman–Crippen MR) is 63.0 cm³/mol. The first-order chi connectivity index (χ1) is 7.59. The van der Waals surface area contributed by atoms with Crippen molar-refractivity contribution < 1.29 is 4.52 Å². The van der Waals surface area contributed by atoms with Crippen LogP contribution >= 0.6 is 0 Å². The topological polar surface area (TPSA) is 64.9 Å². The molecule has 16 heavy (non-hydrogen) atoms. The van der Waals surface area contributed by atoms with Crippen LogP contribution in [-0.4, -0.2) is 10.1 Å². The summed E-state index contributed by atoms with van der Waals surface area (Å²) in [5, 5.41) is 3.94. The molecule has 84 valence electrons. The first kappa shape index (κ1) is 10.7. The van der Waals surface area contributed by atoms with E-state index in [0.29, 0.717) is 5.89 Å². The Morgan fingerprint density at radius 2 is 2.06 bits per heavy atom. The number of aromatic nitrogens is 2. The lowest BCUT2D eigenvalue weighted by Crippen LogP contribution is -1.93. The molecule has 2 rings (SSSR count). The van der Waals surface area contributed by atoms with Crippen molar-refractivity contribution in [2.45, 2.75) is 26.7 Å². The molecular weight excluding hydrogens is 202 g/mol. The summed E-state index contributed by atoms with van der Waals surface area (Å²) in [4.78, 5) is 4.35. The molecule has 0 aliphatic carbocycles. The Bertz CT molecular complexity index is 503. The number of anilines is 1. The van der Waals surface area contributed by atoms with Crippen molar-refractivity contribution in [2.24, 2.45) is 0 Å².